The Morgan fingerprint density at radius 3 is 1.32 bits per heavy atom. The molecule has 0 aliphatic heterocycles. The second kappa shape index (κ2) is 5.72. The summed E-state index contributed by atoms with van der Waals surface area (Å²) in [6.45, 7) is 2.30. The third-order valence-electron chi connectivity index (χ3n) is 1.50. The van der Waals surface area contributed by atoms with Crippen LogP contribution in [0.3, 0.4) is 0 Å². The Morgan fingerprint density at radius 2 is 1.26 bits per heavy atom. The van der Waals surface area contributed by atoms with E-state index in [4.69, 9.17) is 10.2 Å². The van der Waals surface area contributed by atoms with E-state index in [1.165, 1.54) is 0 Å². The Labute approximate surface area is 101 Å². The molecule has 0 saturated heterocycles. The van der Waals surface area contributed by atoms with Gasteiger partial charge in [-0.15, -0.1) is 0 Å². The summed E-state index contributed by atoms with van der Waals surface area (Å²) in [5, 5.41) is 15.0. The first-order valence-corrected chi connectivity index (χ1v) is 4.11. The highest BCUT2D eigenvalue weighted by molar-refractivity contribution is 5.78. The zero-order valence-electron chi connectivity index (χ0n) is 9.11. The average molecular weight is 304 g/mol. The van der Waals surface area contributed by atoms with Gasteiger partial charge >= 0.3 is 29.8 Å². The minimum Gasteiger partial charge on any atom is -0.478 e. The molecule has 0 spiro atoms. The Hall–Kier alpha value is -1.39. The highest BCUT2D eigenvalue weighted by Crippen LogP contribution is 2.51. The summed E-state index contributed by atoms with van der Waals surface area (Å²) in [6.07, 6.45) is -5.39. The van der Waals surface area contributed by atoms with E-state index >= 15 is 0 Å². The van der Waals surface area contributed by atoms with Crippen molar-refractivity contribution in [2.75, 3.05) is 0 Å². The van der Waals surface area contributed by atoms with Crippen LogP contribution in [-0.2, 0) is 4.79 Å². The summed E-state index contributed by atoms with van der Waals surface area (Å²) in [5.74, 6) is -19.3. The van der Waals surface area contributed by atoms with Crippen molar-refractivity contribution in [2.45, 2.75) is 30.8 Å². The number of halogens is 8. The highest BCUT2D eigenvalue weighted by atomic mass is 19.4. The molecule has 0 aromatic rings. The number of hydrogen-bond acceptors (Lipinski definition) is 2. The quantitative estimate of drug-likeness (QED) is 0.620. The van der Waals surface area contributed by atoms with Gasteiger partial charge in [0.2, 0.25) is 0 Å². The first-order chi connectivity index (χ1) is 8.02. The van der Waals surface area contributed by atoms with E-state index in [9.17, 15) is 39.9 Å². The number of carbonyl (C=O) groups is 1. The van der Waals surface area contributed by atoms with E-state index in [1.54, 1.807) is 0 Å². The summed E-state index contributed by atoms with van der Waals surface area (Å²) >= 11 is 0. The molecule has 0 aliphatic rings. The number of rotatable bonds is 4. The lowest BCUT2D eigenvalue weighted by Gasteiger charge is -2.32. The second-order valence-electron chi connectivity index (χ2n) is 3.12. The first-order valence-electron chi connectivity index (χ1n) is 4.11. The van der Waals surface area contributed by atoms with E-state index in [-0.39, 0.29) is 0 Å². The Kier molecular flexibility index (Phi) is 6.00. The van der Waals surface area contributed by atoms with Gasteiger partial charge in [0.15, 0.2) is 0 Å². The topological polar surface area (TPSA) is 57.5 Å². The molecule has 0 rings (SSSR count). The molecule has 0 fully saturated rings. The number of carboxylic acid groups (broad SMARTS) is 1. The maximum atomic E-state index is 12.1. The third-order valence-corrected chi connectivity index (χ3v) is 1.50. The maximum absolute atomic E-state index is 12.1. The lowest BCUT2D eigenvalue weighted by molar-refractivity contribution is -0.414. The van der Waals surface area contributed by atoms with Gasteiger partial charge in [0.25, 0.3) is 0 Å². The second-order valence-corrected chi connectivity index (χ2v) is 3.12. The Morgan fingerprint density at radius 1 is 1.00 bits per heavy atom. The van der Waals surface area contributed by atoms with Crippen LogP contribution in [0.2, 0.25) is 0 Å². The molecular formula is C8H8F8O3. The van der Waals surface area contributed by atoms with Crippen molar-refractivity contribution in [1.29, 1.82) is 0 Å². The number of aliphatic carboxylic acids is 1. The Bertz CT molecular complexity index is 304. The van der Waals surface area contributed by atoms with E-state index in [0.29, 0.717) is 0 Å². The molecule has 0 amide bonds. The minimum absolute atomic E-state index is 0.660. The number of aliphatic hydroxyl groups is 1. The normalized spacial score (nSPS) is 13.4. The van der Waals surface area contributed by atoms with Crippen molar-refractivity contribution in [3.05, 3.63) is 12.7 Å². The van der Waals surface area contributed by atoms with Crippen molar-refractivity contribution in [3.63, 3.8) is 0 Å². The van der Waals surface area contributed by atoms with Gasteiger partial charge < -0.3 is 10.2 Å². The average Bonchev–Trinajstić information content (AvgIpc) is 2.14. The molecule has 0 aliphatic carbocycles. The summed E-state index contributed by atoms with van der Waals surface area (Å²) in [7, 11) is 0. The zero-order valence-corrected chi connectivity index (χ0v) is 9.11. The molecule has 0 aromatic carbocycles. The predicted octanol–water partition coefficient (Wildman–Crippen LogP) is 2.75. The number of alkyl halides is 8. The van der Waals surface area contributed by atoms with Gasteiger partial charge in [-0.2, -0.15) is 35.1 Å². The summed E-state index contributed by atoms with van der Waals surface area (Å²) < 4.78 is 94.8. The van der Waals surface area contributed by atoms with E-state index < -0.39 is 36.8 Å². The predicted molar refractivity (Wildman–Crippen MR) is 45.5 cm³/mol. The first kappa shape index (κ1) is 19.9. The van der Waals surface area contributed by atoms with Crippen LogP contribution < -0.4 is 0 Å². The smallest absolute Gasteiger partial charge is 0.423 e. The molecule has 2 N–H and O–H groups in total. The molecule has 0 aromatic heterocycles. The molecule has 3 nitrogen and oxygen atoms in total. The molecule has 0 bridgehead atoms. The largest absolute Gasteiger partial charge is 0.478 e. The fraction of sp³-hybridized carbons (Fsp3) is 0.625. The highest BCUT2D eigenvalue weighted by Gasteiger charge is 2.79. The molecule has 114 valence electrons. The fourth-order valence-electron chi connectivity index (χ4n) is 0.465. The Balaban J connectivity index is 0. The third kappa shape index (κ3) is 4.65. The standard InChI is InChI=1S/C5H4F8O.C3H4O2/c1-2(6,7)3(8,9)4(10,11)5(12,13)14;1-2-3(4)5/h14H,1H3;2H,1H2,(H,4,5). The van der Waals surface area contributed by atoms with Gasteiger partial charge in [-0.05, 0) is 0 Å². The van der Waals surface area contributed by atoms with Crippen molar-refractivity contribution in [3.8, 4) is 0 Å². The molecule has 0 heterocycles. The van der Waals surface area contributed by atoms with Gasteiger partial charge in [-0.1, -0.05) is 6.58 Å². The monoisotopic (exact) mass is 304 g/mol. The molecule has 0 saturated carbocycles. The van der Waals surface area contributed by atoms with Crippen LogP contribution in [0, 0.1) is 0 Å². The van der Waals surface area contributed by atoms with Crippen molar-refractivity contribution < 1.29 is 50.1 Å². The number of carboxylic acids is 1. The molecule has 19 heavy (non-hydrogen) atoms. The SMILES string of the molecule is C=CC(=O)O.CC(F)(F)C(F)(F)C(F)(F)C(O)(F)F. The lowest BCUT2D eigenvalue weighted by Crippen LogP contribution is -2.61. The van der Waals surface area contributed by atoms with Crippen LogP contribution in [0.15, 0.2) is 12.7 Å². The summed E-state index contributed by atoms with van der Waals surface area (Å²) in [4.78, 5) is 9.25. The molecule has 0 unspecified atom stereocenters. The van der Waals surface area contributed by atoms with E-state index in [2.05, 4.69) is 6.58 Å². The molecular weight excluding hydrogens is 296 g/mol. The van der Waals surface area contributed by atoms with Crippen LogP contribution in [0.5, 0.6) is 0 Å². The zero-order chi connectivity index (χ0) is 16.3. The summed E-state index contributed by atoms with van der Waals surface area (Å²) in [6, 6.07) is 0. The van der Waals surface area contributed by atoms with Crippen molar-refractivity contribution in [1.82, 2.24) is 0 Å². The van der Waals surface area contributed by atoms with E-state index in [1.807, 2.05) is 0 Å². The molecule has 11 heteroatoms. The summed E-state index contributed by atoms with van der Waals surface area (Å²) in [5.41, 5.74) is 0. The van der Waals surface area contributed by atoms with Gasteiger partial charge in [-0.3, -0.25) is 0 Å². The van der Waals surface area contributed by atoms with Gasteiger partial charge in [-0.25, -0.2) is 4.79 Å². The van der Waals surface area contributed by atoms with Crippen LogP contribution in [0.1, 0.15) is 6.92 Å². The van der Waals surface area contributed by atoms with E-state index in [0.717, 1.165) is 6.08 Å². The van der Waals surface area contributed by atoms with Crippen LogP contribution >= 0.6 is 0 Å². The van der Waals surface area contributed by atoms with Crippen LogP contribution in [0.4, 0.5) is 35.1 Å². The van der Waals surface area contributed by atoms with Crippen molar-refractivity contribution in [2.24, 2.45) is 0 Å². The van der Waals surface area contributed by atoms with Gasteiger partial charge in [0.1, 0.15) is 0 Å². The molecule has 0 atom stereocenters. The molecule has 0 radical (unpaired) electrons. The van der Waals surface area contributed by atoms with Crippen molar-refractivity contribution >= 4 is 5.97 Å². The van der Waals surface area contributed by atoms with Crippen LogP contribution in [0.25, 0.3) is 0 Å². The van der Waals surface area contributed by atoms with Gasteiger partial charge in [0.05, 0.1) is 0 Å². The number of hydrogen-bond donors (Lipinski definition) is 2. The minimum atomic E-state index is -6.54. The van der Waals surface area contributed by atoms with Crippen LogP contribution in [-0.4, -0.2) is 40.1 Å². The van der Waals surface area contributed by atoms with Gasteiger partial charge in [0, 0.05) is 13.0 Å². The lowest BCUT2D eigenvalue weighted by atomic mass is 10.1. The maximum Gasteiger partial charge on any atom is 0.423 e. The fourth-order valence-corrected chi connectivity index (χ4v) is 0.465.